The van der Waals surface area contributed by atoms with E-state index < -0.39 is 0 Å². The number of hydrogen-bond acceptors (Lipinski definition) is 3. The molecule has 0 amide bonds. The van der Waals surface area contributed by atoms with Crippen LogP contribution in [0.4, 0.5) is 5.69 Å². The van der Waals surface area contributed by atoms with E-state index >= 15 is 0 Å². The lowest BCUT2D eigenvalue weighted by molar-refractivity contribution is 0.702. The zero-order valence-electron chi connectivity index (χ0n) is 11.4. The van der Waals surface area contributed by atoms with Crippen molar-refractivity contribution in [3.63, 3.8) is 0 Å². The van der Waals surface area contributed by atoms with Crippen LogP contribution in [-0.2, 0) is 13.6 Å². The van der Waals surface area contributed by atoms with Crippen molar-refractivity contribution in [3.8, 4) is 0 Å². The van der Waals surface area contributed by atoms with Crippen LogP contribution in [0.5, 0.6) is 0 Å². The number of nitrogens with zero attached hydrogens (tertiary/aromatic N) is 4. The smallest absolute Gasteiger partial charge is 0.193 e. The summed E-state index contributed by atoms with van der Waals surface area (Å²) in [5, 5.41) is 7.04. The summed E-state index contributed by atoms with van der Waals surface area (Å²) >= 11 is 0. The Morgan fingerprint density at radius 1 is 1.37 bits per heavy atom. The zero-order valence-corrected chi connectivity index (χ0v) is 11.4. The Morgan fingerprint density at radius 2 is 2.16 bits per heavy atom. The number of hydrogen-bond donors (Lipinski definition) is 2. The summed E-state index contributed by atoms with van der Waals surface area (Å²) in [6.07, 6.45) is 1.50. The number of anilines is 1. The van der Waals surface area contributed by atoms with Crippen LogP contribution in [0.1, 0.15) is 17.0 Å². The summed E-state index contributed by atoms with van der Waals surface area (Å²) in [5.41, 5.74) is 9.24. The van der Waals surface area contributed by atoms with Crippen molar-refractivity contribution in [2.24, 2.45) is 17.8 Å². The fourth-order valence-electron chi connectivity index (χ4n) is 1.63. The van der Waals surface area contributed by atoms with Gasteiger partial charge in [0.15, 0.2) is 5.96 Å². The SMILES string of the molecule is Cc1ccc(NC(N)=NCc2ncnn2C)cc1C. The van der Waals surface area contributed by atoms with E-state index in [1.165, 1.54) is 17.5 Å². The maximum Gasteiger partial charge on any atom is 0.193 e. The highest BCUT2D eigenvalue weighted by Crippen LogP contribution is 2.13. The first-order chi connectivity index (χ1) is 9.06. The van der Waals surface area contributed by atoms with Crippen molar-refractivity contribution in [2.45, 2.75) is 20.4 Å². The number of nitrogens with one attached hydrogen (secondary N) is 1. The number of aryl methyl sites for hydroxylation is 3. The number of aromatic nitrogens is 3. The van der Waals surface area contributed by atoms with E-state index in [9.17, 15) is 0 Å². The molecule has 1 aromatic carbocycles. The minimum absolute atomic E-state index is 0.367. The summed E-state index contributed by atoms with van der Waals surface area (Å²) < 4.78 is 1.67. The number of benzene rings is 1. The van der Waals surface area contributed by atoms with E-state index in [-0.39, 0.29) is 0 Å². The lowest BCUT2D eigenvalue weighted by Gasteiger charge is -2.08. The molecule has 0 saturated carbocycles. The van der Waals surface area contributed by atoms with Crippen molar-refractivity contribution in [3.05, 3.63) is 41.5 Å². The molecule has 0 spiro atoms. The number of guanidine groups is 1. The third-order valence-corrected chi connectivity index (χ3v) is 2.98. The normalized spacial score (nSPS) is 11.6. The molecule has 2 rings (SSSR count). The van der Waals surface area contributed by atoms with E-state index in [0.717, 1.165) is 11.5 Å². The molecule has 100 valence electrons. The molecular formula is C13H18N6. The Hall–Kier alpha value is -2.37. The third-order valence-electron chi connectivity index (χ3n) is 2.98. The van der Waals surface area contributed by atoms with Crippen molar-refractivity contribution >= 4 is 11.6 Å². The Bertz CT molecular complexity index is 599. The average Bonchev–Trinajstić information content (AvgIpc) is 2.77. The van der Waals surface area contributed by atoms with E-state index in [0.29, 0.717) is 12.5 Å². The first-order valence-electron chi connectivity index (χ1n) is 6.03. The van der Waals surface area contributed by atoms with Crippen molar-refractivity contribution in [1.29, 1.82) is 0 Å². The van der Waals surface area contributed by atoms with Crippen molar-refractivity contribution < 1.29 is 0 Å². The first-order valence-corrected chi connectivity index (χ1v) is 6.03. The molecule has 0 bridgehead atoms. The Balaban J connectivity index is 2.02. The second-order valence-electron chi connectivity index (χ2n) is 4.43. The number of rotatable bonds is 3. The van der Waals surface area contributed by atoms with Gasteiger partial charge in [-0.25, -0.2) is 9.98 Å². The van der Waals surface area contributed by atoms with E-state index in [4.69, 9.17) is 5.73 Å². The van der Waals surface area contributed by atoms with Gasteiger partial charge in [0, 0.05) is 12.7 Å². The van der Waals surface area contributed by atoms with Gasteiger partial charge in [0.25, 0.3) is 0 Å². The molecule has 3 N–H and O–H groups in total. The largest absolute Gasteiger partial charge is 0.370 e. The topological polar surface area (TPSA) is 81.1 Å². The zero-order chi connectivity index (χ0) is 13.8. The summed E-state index contributed by atoms with van der Waals surface area (Å²) in [4.78, 5) is 8.32. The second kappa shape index (κ2) is 5.51. The molecule has 2 aromatic rings. The predicted octanol–water partition coefficient (Wildman–Crippen LogP) is 1.36. The lowest BCUT2D eigenvalue weighted by Crippen LogP contribution is -2.23. The molecule has 0 fully saturated rings. The molecule has 0 saturated heterocycles. The van der Waals surface area contributed by atoms with Crippen LogP contribution >= 0.6 is 0 Å². The molecule has 0 atom stereocenters. The Labute approximate surface area is 112 Å². The molecule has 0 radical (unpaired) electrons. The maximum absolute atomic E-state index is 5.84. The number of aliphatic imine (C=N–C) groups is 1. The maximum atomic E-state index is 5.84. The van der Waals surface area contributed by atoms with Gasteiger partial charge >= 0.3 is 0 Å². The highest BCUT2D eigenvalue weighted by atomic mass is 15.3. The predicted molar refractivity (Wildman–Crippen MR) is 75.9 cm³/mol. The molecular weight excluding hydrogens is 240 g/mol. The molecule has 19 heavy (non-hydrogen) atoms. The van der Waals surface area contributed by atoms with Gasteiger partial charge in [-0.1, -0.05) is 6.07 Å². The molecule has 6 heteroatoms. The van der Waals surface area contributed by atoms with Crippen LogP contribution in [-0.4, -0.2) is 20.7 Å². The van der Waals surface area contributed by atoms with Gasteiger partial charge in [-0.15, -0.1) is 0 Å². The van der Waals surface area contributed by atoms with E-state index in [1.54, 1.807) is 4.68 Å². The highest BCUT2D eigenvalue weighted by molar-refractivity contribution is 5.92. The van der Waals surface area contributed by atoms with E-state index in [2.05, 4.69) is 34.2 Å². The van der Waals surface area contributed by atoms with E-state index in [1.807, 2.05) is 25.2 Å². The van der Waals surface area contributed by atoms with Crippen LogP contribution in [0.3, 0.4) is 0 Å². The Kier molecular flexibility index (Phi) is 3.79. The molecule has 1 aromatic heterocycles. The average molecular weight is 258 g/mol. The van der Waals surface area contributed by atoms with Gasteiger partial charge in [-0.3, -0.25) is 4.68 Å². The summed E-state index contributed by atoms with van der Waals surface area (Å²) in [5.74, 6) is 1.14. The van der Waals surface area contributed by atoms with Gasteiger partial charge in [0.1, 0.15) is 18.7 Å². The molecule has 0 aliphatic rings. The summed E-state index contributed by atoms with van der Waals surface area (Å²) in [6, 6.07) is 6.07. The van der Waals surface area contributed by atoms with Gasteiger partial charge in [-0.2, -0.15) is 5.10 Å². The fourth-order valence-corrected chi connectivity index (χ4v) is 1.63. The molecule has 0 aliphatic carbocycles. The monoisotopic (exact) mass is 258 g/mol. The highest BCUT2D eigenvalue weighted by Gasteiger charge is 2.00. The third kappa shape index (κ3) is 3.31. The van der Waals surface area contributed by atoms with Gasteiger partial charge in [0.05, 0.1) is 0 Å². The van der Waals surface area contributed by atoms with Gasteiger partial charge < -0.3 is 11.1 Å². The molecule has 0 aliphatic heterocycles. The number of nitrogens with two attached hydrogens (primary N) is 1. The van der Waals surface area contributed by atoms with Crippen LogP contribution in [0.2, 0.25) is 0 Å². The van der Waals surface area contributed by atoms with Crippen molar-refractivity contribution in [2.75, 3.05) is 5.32 Å². The minimum atomic E-state index is 0.367. The molecule has 1 heterocycles. The van der Waals surface area contributed by atoms with Crippen LogP contribution in [0.15, 0.2) is 29.5 Å². The van der Waals surface area contributed by atoms with Crippen LogP contribution in [0, 0.1) is 13.8 Å². The minimum Gasteiger partial charge on any atom is -0.370 e. The lowest BCUT2D eigenvalue weighted by atomic mass is 10.1. The van der Waals surface area contributed by atoms with Crippen molar-refractivity contribution in [1.82, 2.24) is 14.8 Å². The quantitative estimate of drug-likeness (QED) is 0.643. The van der Waals surface area contributed by atoms with Crippen LogP contribution in [0.25, 0.3) is 0 Å². The summed E-state index contributed by atoms with van der Waals surface area (Å²) in [6.45, 7) is 4.54. The Morgan fingerprint density at radius 3 is 2.79 bits per heavy atom. The first kappa shape index (κ1) is 13.1. The standard InChI is InChI=1S/C13H18N6/c1-9-4-5-11(6-10(9)2)18-13(14)15-7-12-16-8-17-19(12)3/h4-6,8H,7H2,1-3H3,(H3,14,15,18). The van der Waals surface area contributed by atoms with Gasteiger partial charge in [0.2, 0.25) is 0 Å². The fraction of sp³-hybridized carbons (Fsp3) is 0.308. The second-order valence-corrected chi connectivity index (χ2v) is 4.43. The van der Waals surface area contributed by atoms with Gasteiger partial charge in [-0.05, 0) is 37.1 Å². The summed E-state index contributed by atoms with van der Waals surface area (Å²) in [7, 11) is 1.82. The van der Waals surface area contributed by atoms with Crippen LogP contribution < -0.4 is 11.1 Å². The molecule has 6 nitrogen and oxygen atoms in total. The molecule has 0 unspecified atom stereocenters.